The van der Waals surface area contributed by atoms with Gasteiger partial charge in [-0.2, -0.15) is 0 Å². The number of nitrogens with one attached hydrogen (secondary N) is 1. The topological polar surface area (TPSA) is 24.9 Å². The van der Waals surface area contributed by atoms with Crippen molar-refractivity contribution < 1.29 is 4.39 Å². The van der Waals surface area contributed by atoms with Gasteiger partial charge in [-0.05, 0) is 37.3 Å². The second kappa shape index (κ2) is 5.38. The first-order valence-corrected chi connectivity index (χ1v) is 7.40. The lowest BCUT2D eigenvalue weighted by atomic mass is 10.2. The summed E-state index contributed by atoms with van der Waals surface area (Å²) in [6.45, 7) is 1.96. The fourth-order valence-corrected chi connectivity index (χ4v) is 3.12. The molecule has 0 fully saturated rings. The van der Waals surface area contributed by atoms with Gasteiger partial charge in [0.25, 0.3) is 0 Å². The molecule has 0 aliphatic heterocycles. The van der Waals surface area contributed by atoms with Crippen molar-refractivity contribution in [1.29, 1.82) is 0 Å². The molecule has 1 heterocycles. The third kappa shape index (κ3) is 2.62. The van der Waals surface area contributed by atoms with Gasteiger partial charge in [-0.3, -0.25) is 0 Å². The number of hydrogen-bond acceptors (Lipinski definition) is 3. The molecule has 2 aromatic carbocycles. The molecule has 3 aromatic rings. The highest BCUT2D eigenvalue weighted by atomic mass is 35.5. The Morgan fingerprint density at radius 2 is 2.05 bits per heavy atom. The lowest BCUT2D eigenvalue weighted by molar-refractivity contribution is 0.627. The zero-order chi connectivity index (χ0) is 14.1. The fourth-order valence-electron chi connectivity index (χ4n) is 1.98. The molecule has 0 radical (unpaired) electrons. The van der Waals surface area contributed by atoms with Crippen molar-refractivity contribution in [2.75, 3.05) is 5.32 Å². The van der Waals surface area contributed by atoms with E-state index in [1.54, 1.807) is 17.4 Å². The van der Waals surface area contributed by atoms with E-state index in [9.17, 15) is 4.39 Å². The largest absolute Gasteiger partial charge is 0.374 e. The van der Waals surface area contributed by atoms with Crippen molar-refractivity contribution >= 4 is 38.8 Å². The van der Waals surface area contributed by atoms with Crippen LogP contribution in [0.25, 0.3) is 10.2 Å². The highest BCUT2D eigenvalue weighted by molar-refractivity contribution is 7.18. The van der Waals surface area contributed by atoms with Crippen LogP contribution in [0.2, 0.25) is 5.02 Å². The first-order chi connectivity index (χ1) is 9.63. The van der Waals surface area contributed by atoms with Crippen LogP contribution in [-0.2, 0) is 0 Å². The van der Waals surface area contributed by atoms with Crippen LogP contribution in [0.4, 0.5) is 10.1 Å². The molecule has 0 aliphatic rings. The van der Waals surface area contributed by atoms with E-state index >= 15 is 0 Å². The van der Waals surface area contributed by atoms with Gasteiger partial charge in [0.15, 0.2) is 0 Å². The Kier molecular flexibility index (Phi) is 3.59. The Morgan fingerprint density at radius 3 is 2.85 bits per heavy atom. The third-order valence-corrected chi connectivity index (χ3v) is 4.44. The average molecular weight is 307 g/mol. The molecular formula is C15H12ClFN2S. The Hall–Kier alpha value is -1.65. The van der Waals surface area contributed by atoms with Gasteiger partial charge in [-0.25, -0.2) is 9.37 Å². The number of benzene rings is 2. The Balaban J connectivity index is 1.88. The van der Waals surface area contributed by atoms with Crippen molar-refractivity contribution in [2.45, 2.75) is 13.0 Å². The van der Waals surface area contributed by atoms with Gasteiger partial charge in [0, 0.05) is 5.02 Å². The van der Waals surface area contributed by atoms with Crippen molar-refractivity contribution in [1.82, 2.24) is 4.98 Å². The molecule has 0 aliphatic carbocycles. The van der Waals surface area contributed by atoms with Crippen LogP contribution in [0.1, 0.15) is 18.0 Å². The Labute approximate surface area is 125 Å². The minimum Gasteiger partial charge on any atom is -0.374 e. The summed E-state index contributed by atoms with van der Waals surface area (Å²) in [5.41, 5.74) is 1.36. The molecule has 1 atom stereocenters. The Bertz CT molecular complexity index is 723. The number of nitrogens with zero attached hydrogens (tertiary/aromatic N) is 1. The molecule has 0 spiro atoms. The molecule has 3 rings (SSSR count). The van der Waals surface area contributed by atoms with E-state index < -0.39 is 0 Å². The van der Waals surface area contributed by atoms with E-state index in [-0.39, 0.29) is 11.9 Å². The zero-order valence-electron chi connectivity index (χ0n) is 10.7. The number of fused-ring (bicyclic) bond motifs is 1. The SMILES string of the molecule is CC(Nc1cc(Cl)ccc1F)c1nc2ccccc2s1. The highest BCUT2D eigenvalue weighted by Gasteiger charge is 2.13. The van der Waals surface area contributed by atoms with E-state index in [1.165, 1.54) is 12.1 Å². The zero-order valence-corrected chi connectivity index (χ0v) is 12.3. The molecule has 1 aromatic heterocycles. The monoisotopic (exact) mass is 306 g/mol. The Morgan fingerprint density at radius 1 is 1.25 bits per heavy atom. The molecule has 0 amide bonds. The van der Waals surface area contributed by atoms with Crippen molar-refractivity contribution in [3.63, 3.8) is 0 Å². The third-order valence-electron chi connectivity index (χ3n) is 2.98. The van der Waals surface area contributed by atoms with Crippen LogP contribution < -0.4 is 5.32 Å². The van der Waals surface area contributed by atoms with Gasteiger partial charge < -0.3 is 5.32 Å². The molecule has 0 saturated carbocycles. The van der Waals surface area contributed by atoms with Gasteiger partial charge in [0.2, 0.25) is 0 Å². The van der Waals surface area contributed by atoms with E-state index in [1.807, 2.05) is 31.2 Å². The molecule has 2 nitrogen and oxygen atoms in total. The molecule has 0 saturated heterocycles. The number of hydrogen-bond donors (Lipinski definition) is 1. The first kappa shape index (κ1) is 13.3. The van der Waals surface area contributed by atoms with Crippen LogP contribution in [0.3, 0.4) is 0 Å². The van der Waals surface area contributed by atoms with Crippen molar-refractivity contribution in [3.05, 3.63) is 58.3 Å². The molecule has 1 N–H and O–H groups in total. The van der Waals surface area contributed by atoms with Crippen LogP contribution in [-0.4, -0.2) is 4.98 Å². The number of para-hydroxylation sites is 1. The molecular weight excluding hydrogens is 295 g/mol. The summed E-state index contributed by atoms with van der Waals surface area (Å²) in [6, 6.07) is 12.3. The van der Waals surface area contributed by atoms with Gasteiger partial charge in [-0.1, -0.05) is 23.7 Å². The average Bonchev–Trinajstić information content (AvgIpc) is 2.87. The van der Waals surface area contributed by atoms with Gasteiger partial charge in [-0.15, -0.1) is 11.3 Å². The minimum absolute atomic E-state index is 0.0830. The van der Waals surface area contributed by atoms with E-state index in [0.717, 1.165) is 15.2 Å². The number of thiazole rings is 1. The smallest absolute Gasteiger partial charge is 0.146 e. The number of anilines is 1. The molecule has 102 valence electrons. The van der Waals surface area contributed by atoms with Crippen LogP contribution >= 0.6 is 22.9 Å². The summed E-state index contributed by atoms with van der Waals surface area (Å²) in [6.07, 6.45) is 0. The van der Waals surface area contributed by atoms with E-state index in [0.29, 0.717) is 10.7 Å². The molecule has 0 bridgehead atoms. The lowest BCUT2D eigenvalue weighted by Crippen LogP contribution is -2.07. The number of halogens is 2. The fraction of sp³-hybridized carbons (Fsp3) is 0.133. The van der Waals surface area contributed by atoms with E-state index in [4.69, 9.17) is 11.6 Å². The summed E-state index contributed by atoms with van der Waals surface area (Å²) in [5.74, 6) is -0.317. The predicted octanol–water partition coefficient (Wildman–Crippen LogP) is 5.26. The summed E-state index contributed by atoms with van der Waals surface area (Å²) in [5, 5.41) is 4.54. The summed E-state index contributed by atoms with van der Waals surface area (Å²) in [7, 11) is 0. The van der Waals surface area contributed by atoms with Crippen LogP contribution in [0, 0.1) is 5.82 Å². The van der Waals surface area contributed by atoms with Crippen LogP contribution in [0.5, 0.6) is 0 Å². The van der Waals surface area contributed by atoms with Gasteiger partial charge >= 0.3 is 0 Å². The highest BCUT2D eigenvalue weighted by Crippen LogP contribution is 2.29. The maximum absolute atomic E-state index is 13.7. The maximum Gasteiger partial charge on any atom is 0.146 e. The first-order valence-electron chi connectivity index (χ1n) is 6.20. The predicted molar refractivity (Wildman–Crippen MR) is 83.1 cm³/mol. The lowest BCUT2D eigenvalue weighted by Gasteiger charge is -2.13. The van der Waals surface area contributed by atoms with Crippen molar-refractivity contribution in [2.24, 2.45) is 0 Å². The number of rotatable bonds is 3. The van der Waals surface area contributed by atoms with Gasteiger partial charge in [0.1, 0.15) is 10.8 Å². The summed E-state index contributed by atoms with van der Waals surface area (Å²) >= 11 is 7.50. The minimum atomic E-state index is -0.317. The molecule has 1 unspecified atom stereocenters. The second-order valence-electron chi connectivity index (χ2n) is 4.51. The van der Waals surface area contributed by atoms with Gasteiger partial charge in [0.05, 0.1) is 21.9 Å². The van der Waals surface area contributed by atoms with E-state index in [2.05, 4.69) is 10.3 Å². The molecule has 5 heteroatoms. The second-order valence-corrected chi connectivity index (χ2v) is 6.01. The van der Waals surface area contributed by atoms with Crippen LogP contribution in [0.15, 0.2) is 42.5 Å². The standard InChI is InChI=1S/C15H12ClFN2S/c1-9(18-13-8-10(16)6-7-11(13)17)15-19-12-4-2-3-5-14(12)20-15/h2-9,18H,1H3. The maximum atomic E-state index is 13.7. The summed E-state index contributed by atoms with van der Waals surface area (Å²) < 4.78 is 14.8. The quantitative estimate of drug-likeness (QED) is 0.713. The summed E-state index contributed by atoms with van der Waals surface area (Å²) in [4.78, 5) is 4.56. The normalized spacial score (nSPS) is 12.6. The van der Waals surface area contributed by atoms with Crippen molar-refractivity contribution in [3.8, 4) is 0 Å². The molecule has 20 heavy (non-hydrogen) atoms. The number of aromatic nitrogens is 1.